The van der Waals surface area contributed by atoms with Crippen LogP contribution in [0.15, 0.2) is 35.2 Å². The molecule has 1 rings (SSSR count). The molecule has 0 saturated carbocycles. The summed E-state index contributed by atoms with van der Waals surface area (Å²) in [6, 6.07) is 10.0. The lowest BCUT2D eigenvalue weighted by molar-refractivity contribution is -0.121. The molecule has 0 unspecified atom stereocenters. The predicted octanol–water partition coefficient (Wildman–Crippen LogP) is 0.231. The van der Waals surface area contributed by atoms with Crippen LogP contribution < -0.4 is 16.0 Å². The van der Waals surface area contributed by atoms with Gasteiger partial charge in [0.05, 0.1) is 13.1 Å². The van der Waals surface area contributed by atoms with Gasteiger partial charge in [-0.25, -0.2) is 0 Å². The zero-order valence-electron chi connectivity index (χ0n) is 10.9. The Kier molecular flexibility index (Phi) is 7.69. The van der Waals surface area contributed by atoms with E-state index >= 15 is 0 Å². The maximum absolute atomic E-state index is 11.4. The standard InChI is InChI=1S/C13H19N3O2S/c1-14-12(17)9-15-10-13(18)16-7-8-19-11-5-3-2-4-6-11/h2-6,15H,7-10H2,1H3,(H,14,17)(H,16,18). The van der Waals surface area contributed by atoms with Gasteiger partial charge in [0.1, 0.15) is 0 Å². The van der Waals surface area contributed by atoms with E-state index in [9.17, 15) is 9.59 Å². The molecule has 0 heterocycles. The monoisotopic (exact) mass is 281 g/mol. The third-order valence-corrected chi connectivity index (χ3v) is 3.30. The van der Waals surface area contributed by atoms with E-state index in [1.54, 1.807) is 18.8 Å². The Bertz CT molecular complexity index is 398. The summed E-state index contributed by atoms with van der Waals surface area (Å²) in [4.78, 5) is 23.5. The van der Waals surface area contributed by atoms with Gasteiger partial charge in [-0.2, -0.15) is 0 Å². The summed E-state index contributed by atoms with van der Waals surface area (Å²) < 4.78 is 0. The molecule has 0 saturated heterocycles. The molecule has 3 N–H and O–H groups in total. The van der Waals surface area contributed by atoms with Gasteiger partial charge >= 0.3 is 0 Å². The van der Waals surface area contributed by atoms with Crippen LogP contribution in [0, 0.1) is 0 Å². The third-order valence-electron chi connectivity index (χ3n) is 2.29. The number of rotatable bonds is 8. The summed E-state index contributed by atoms with van der Waals surface area (Å²) in [5.41, 5.74) is 0. The molecule has 19 heavy (non-hydrogen) atoms. The number of likely N-dealkylation sites (N-methyl/N-ethyl adjacent to an activating group) is 1. The first-order valence-corrected chi connectivity index (χ1v) is 7.07. The minimum atomic E-state index is -0.132. The van der Waals surface area contributed by atoms with Crippen molar-refractivity contribution in [2.75, 3.05) is 32.4 Å². The molecule has 0 bridgehead atoms. The van der Waals surface area contributed by atoms with Gasteiger partial charge in [0.25, 0.3) is 0 Å². The Labute approximate surface area is 117 Å². The second-order valence-electron chi connectivity index (χ2n) is 3.79. The Hall–Kier alpha value is -1.53. The highest BCUT2D eigenvalue weighted by Gasteiger charge is 2.02. The zero-order valence-corrected chi connectivity index (χ0v) is 11.8. The molecule has 0 aliphatic rings. The summed E-state index contributed by atoms with van der Waals surface area (Å²) in [6.07, 6.45) is 0. The highest BCUT2D eigenvalue weighted by Crippen LogP contribution is 2.15. The number of thioether (sulfide) groups is 1. The van der Waals surface area contributed by atoms with Gasteiger partial charge in [-0.1, -0.05) is 18.2 Å². The number of hydrogen-bond donors (Lipinski definition) is 3. The molecule has 1 aromatic rings. The predicted molar refractivity (Wildman–Crippen MR) is 77.1 cm³/mol. The summed E-state index contributed by atoms with van der Waals surface area (Å²) in [6.45, 7) is 0.923. The first kappa shape index (κ1) is 15.5. The summed E-state index contributed by atoms with van der Waals surface area (Å²) in [5.74, 6) is 0.593. The van der Waals surface area contributed by atoms with Crippen molar-refractivity contribution in [3.8, 4) is 0 Å². The Morgan fingerprint density at radius 1 is 1.11 bits per heavy atom. The minimum Gasteiger partial charge on any atom is -0.358 e. The maximum atomic E-state index is 11.4. The fourth-order valence-electron chi connectivity index (χ4n) is 1.32. The fraction of sp³-hybridized carbons (Fsp3) is 0.385. The van der Waals surface area contributed by atoms with Gasteiger partial charge in [-0.05, 0) is 12.1 Å². The van der Waals surface area contributed by atoms with Gasteiger partial charge in [-0.3, -0.25) is 14.9 Å². The van der Waals surface area contributed by atoms with Crippen LogP contribution >= 0.6 is 11.8 Å². The SMILES string of the molecule is CNC(=O)CNCC(=O)NCCSc1ccccc1. The van der Waals surface area contributed by atoms with Gasteiger partial charge in [0, 0.05) is 24.2 Å². The normalized spacial score (nSPS) is 9.95. The molecule has 0 spiro atoms. The van der Waals surface area contributed by atoms with E-state index in [2.05, 4.69) is 16.0 Å². The quantitative estimate of drug-likeness (QED) is 0.471. The lowest BCUT2D eigenvalue weighted by Crippen LogP contribution is -2.39. The first-order chi connectivity index (χ1) is 9.22. The molecule has 1 aromatic carbocycles. The zero-order chi connectivity index (χ0) is 13.9. The average molecular weight is 281 g/mol. The first-order valence-electron chi connectivity index (χ1n) is 6.08. The summed E-state index contributed by atoms with van der Waals surface area (Å²) >= 11 is 1.70. The molecule has 0 fully saturated rings. The van der Waals surface area contributed by atoms with Crippen molar-refractivity contribution in [2.24, 2.45) is 0 Å². The van der Waals surface area contributed by atoms with Crippen LogP contribution in [0.1, 0.15) is 0 Å². The van der Waals surface area contributed by atoms with Crippen LogP contribution in [0.3, 0.4) is 0 Å². The highest BCUT2D eigenvalue weighted by atomic mass is 32.2. The van der Waals surface area contributed by atoms with E-state index in [1.807, 2.05) is 30.3 Å². The Morgan fingerprint density at radius 2 is 1.79 bits per heavy atom. The molecule has 6 heteroatoms. The highest BCUT2D eigenvalue weighted by molar-refractivity contribution is 7.99. The number of carbonyl (C=O) groups excluding carboxylic acids is 2. The molecular weight excluding hydrogens is 262 g/mol. The molecule has 2 amide bonds. The van der Waals surface area contributed by atoms with Gasteiger partial charge in [0.2, 0.25) is 11.8 Å². The fourth-order valence-corrected chi connectivity index (χ4v) is 2.11. The molecule has 5 nitrogen and oxygen atoms in total. The van der Waals surface area contributed by atoms with Crippen molar-refractivity contribution < 1.29 is 9.59 Å². The van der Waals surface area contributed by atoms with Crippen molar-refractivity contribution in [3.05, 3.63) is 30.3 Å². The molecule has 0 aliphatic carbocycles. The summed E-state index contributed by atoms with van der Waals surface area (Å²) in [5, 5.41) is 8.03. The number of benzene rings is 1. The van der Waals surface area contributed by atoms with Crippen molar-refractivity contribution in [1.29, 1.82) is 0 Å². The Balaban J connectivity index is 2.03. The van der Waals surface area contributed by atoms with Crippen molar-refractivity contribution in [1.82, 2.24) is 16.0 Å². The van der Waals surface area contributed by atoms with Crippen LogP contribution in [0.25, 0.3) is 0 Å². The van der Waals surface area contributed by atoms with Crippen molar-refractivity contribution in [2.45, 2.75) is 4.90 Å². The molecule has 0 aliphatic heterocycles. The van der Waals surface area contributed by atoms with Crippen LogP contribution in [0.2, 0.25) is 0 Å². The smallest absolute Gasteiger partial charge is 0.233 e. The van der Waals surface area contributed by atoms with E-state index in [4.69, 9.17) is 0 Å². The maximum Gasteiger partial charge on any atom is 0.233 e. The molecular formula is C13H19N3O2S. The summed E-state index contributed by atoms with van der Waals surface area (Å²) in [7, 11) is 1.56. The van der Waals surface area contributed by atoms with Gasteiger partial charge in [0.15, 0.2) is 0 Å². The second-order valence-corrected chi connectivity index (χ2v) is 4.96. The molecule has 0 radical (unpaired) electrons. The molecule has 0 aromatic heterocycles. The van der Waals surface area contributed by atoms with Crippen LogP contribution in [0.4, 0.5) is 0 Å². The van der Waals surface area contributed by atoms with E-state index < -0.39 is 0 Å². The number of nitrogens with one attached hydrogen (secondary N) is 3. The van der Waals surface area contributed by atoms with Gasteiger partial charge < -0.3 is 10.6 Å². The van der Waals surface area contributed by atoms with Crippen molar-refractivity contribution >= 4 is 23.6 Å². The van der Waals surface area contributed by atoms with E-state index in [0.29, 0.717) is 6.54 Å². The largest absolute Gasteiger partial charge is 0.358 e. The molecule has 104 valence electrons. The van der Waals surface area contributed by atoms with Crippen LogP contribution in [-0.4, -0.2) is 44.2 Å². The minimum absolute atomic E-state index is 0.0995. The Morgan fingerprint density at radius 3 is 2.47 bits per heavy atom. The van der Waals surface area contributed by atoms with Crippen LogP contribution in [-0.2, 0) is 9.59 Å². The van der Waals surface area contributed by atoms with E-state index in [-0.39, 0.29) is 24.9 Å². The van der Waals surface area contributed by atoms with E-state index in [0.717, 1.165) is 5.75 Å². The molecule has 0 atom stereocenters. The number of hydrogen-bond acceptors (Lipinski definition) is 4. The lowest BCUT2D eigenvalue weighted by atomic mass is 10.4. The van der Waals surface area contributed by atoms with E-state index in [1.165, 1.54) is 4.90 Å². The lowest BCUT2D eigenvalue weighted by Gasteiger charge is -2.06. The third kappa shape index (κ3) is 7.48. The van der Waals surface area contributed by atoms with Crippen LogP contribution in [0.5, 0.6) is 0 Å². The number of carbonyl (C=O) groups is 2. The second kappa shape index (κ2) is 9.41. The van der Waals surface area contributed by atoms with Crippen molar-refractivity contribution in [3.63, 3.8) is 0 Å². The topological polar surface area (TPSA) is 70.2 Å². The number of amides is 2. The average Bonchev–Trinajstić information content (AvgIpc) is 2.44. The van der Waals surface area contributed by atoms with Gasteiger partial charge in [-0.15, -0.1) is 11.8 Å².